The maximum Gasteiger partial charge on any atom is 0.243 e. The highest BCUT2D eigenvalue weighted by Crippen LogP contribution is 2.33. The van der Waals surface area contributed by atoms with Gasteiger partial charge >= 0.3 is 0 Å². The highest BCUT2D eigenvalue weighted by atomic mass is 79.9. The number of halogens is 1. The maximum atomic E-state index is 12.6. The van der Waals surface area contributed by atoms with Gasteiger partial charge in [0, 0.05) is 24.0 Å². The SMILES string of the molecule is O=S(=O)(c1ccc2c(c1)OCCO2)N1CCC(Br)CC1. The summed E-state index contributed by atoms with van der Waals surface area (Å²) in [7, 11) is -3.44. The van der Waals surface area contributed by atoms with Crippen molar-refractivity contribution in [2.75, 3.05) is 26.3 Å². The van der Waals surface area contributed by atoms with Crippen molar-refractivity contribution >= 4 is 26.0 Å². The lowest BCUT2D eigenvalue weighted by molar-refractivity contribution is 0.171. The number of nitrogens with zero attached hydrogens (tertiary/aromatic N) is 1. The van der Waals surface area contributed by atoms with Crippen LogP contribution >= 0.6 is 15.9 Å². The van der Waals surface area contributed by atoms with Gasteiger partial charge < -0.3 is 9.47 Å². The fraction of sp³-hybridized carbons (Fsp3) is 0.538. The van der Waals surface area contributed by atoms with Crippen LogP contribution in [0.5, 0.6) is 11.5 Å². The fourth-order valence-corrected chi connectivity index (χ4v) is 4.29. The van der Waals surface area contributed by atoms with Crippen LogP contribution in [0.15, 0.2) is 23.1 Å². The van der Waals surface area contributed by atoms with E-state index in [-0.39, 0.29) is 4.90 Å². The average Bonchev–Trinajstić information content (AvgIpc) is 2.47. The molecule has 1 saturated heterocycles. The number of alkyl halides is 1. The Balaban J connectivity index is 1.87. The van der Waals surface area contributed by atoms with Crippen LogP contribution in [0.2, 0.25) is 0 Å². The molecule has 110 valence electrons. The Bertz CT molecular complexity index is 596. The van der Waals surface area contributed by atoms with Crippen molar-refractivity contribution < 1.29 is 17.9 Å². The van der Waals surface area contributed by atoms with Crippen LogP contribution in [0.1, 0.15) is 12.8 Å². The lowest BCUT2D eigenvalue weighted by Crippen LogP contribution is -2.38. The molecule has 0 spiro atoms. The third kappa shape index (κ3) is 2.66. The van der Waals surface area contributed by atoms with Gasteiger partial charge in [0.2, 0.25) is 10.0 Å². The molecule has 0 unspecified atom stereocenters. The second-order valence-electron chi connectivity index (χ2n) is 4.88. The summed E-state index contributed by atoms with van der Waals surface area (Å²) >= 11 is 3.53. The van der Waals surface area contributed by atoms with Crippen molar-refractivity contribution in [1.82, 2.24) is 4.31 Å². The minimum Gasteiger partial charge on any atom is -0.486 e. The van der Waals surface area contributed by atoms with Crippen LogP contribution in [0.25, 0.3) is 0 Å². The summed E-state index contributed by atoms with van der Waals surface area (Å²) in [6, 6.07) is 4.81. The molecule has 3 rings (SSSR count). The third-order valence-electron chi connectivity index (χ3n) is 3.53. The number of sulfonamides is 1. The minimum absolute atomic E-state index is 0.273. The summed E-state index contributed by atoms with van der Waals surface area (Å²) in [5, 5.41) is 0. The minimum atomic E-state index is -3.44. The third-order valence-corrected chi connectivity index (χ3v) is 6.35. The highest BCUT2D eigenvalue weighted by Gasteiger charge is 2.29. The maximum absolute atomic E-state index is 12.6. The first kappa shape index (κ1) is 14.2. The molecule has 0 aromatic heterocycles. The summed E-state index contributed by atoms with van der Waals surface area (Å²) in [4.78, 5) is 0.684. The van der Waals surface area contributed by atoms with E-state index in [1.54, 1.807) is 18.2 Å². The molecule has 7 heteroatoms. The molecule has 5 nitrogen and oxygen atoms in total. The van der Waals surface area contributed by atoms with Crippen molar-refractivity contribution in [1.29, 1.82) is 0 Å². The quantitative estimate of drug-likeness (QED) is 0.756. The molecule has 1 aromatic carbocycles. The van der Waals surface area contributed by atoms with E-state index in [4.69, 9.17) is 9.47 Å². The number of rotatable bonds is 2. The van der Waals surface area contributed by atoms with Crippen LogP contribution < -0.4 is 9.47 Å². The van der Waals surface area contributed by atoms with Crippen LogP contribution in [0, 0.1) is 0 Å². The largest absolute Gasteiger partial charge is 0.486 e. The first-order valence-electron chi connectivity index (χ1n) is 6.61. The summed E-state index contributed by atoms with van der Waals surface area (Å²) in [6.45, 7) is 2.04. The molecule has 1 fully saturated rings. The molecular weight excluding hydrogens is 346 g/mol. The van der Waals surface area contributed by atoms with E-state index in [1.807, 2.05) is 0 Å². The molecule has 0 saturated carbocycles. The summed E-state index contributed by atoms with van der Waals surface area (Å²) in [6.07, 6.45) is 1.67. The van der Waals surface area contributed by atoms with Crippen molar-refractivity contribution in [2.24, 2.45) is 0 Å². The molecule has 2 heterocycles. The molecule has 20 heavy (non-hydrogen) atoms. The topological polar surface area (TPSA) is 55.8 Å². The molecule has 0 aliphatic carbocycles. The molecule has 2 aliphatic rings. The Morgan fingerprint density at radius 2 is 1.75 bits per heavy atom. The fourth-order valence-electron chi connectivity index (χ4n) is 2.40. The standard InChI is InChI=1S/C13H16BrNO4S/c14-10-3-5-15(6-4-10)20(16,17)11-1-2-12-13(9-11)19-8-7-18-12/h1-2,9-10H,3-8H2. The molecule has 0 N–H and O–H groups in total. The van der Waals surface area contributed by atoms with Gasteiger partial charge in [-0.05, 0) is 25.0 Å². The first-order valence-corrected chi connectivity index (χ1v) is 8.97. The van der Waals surface area contributed by atoms with Gasteiger partial charge in [-0.1, -0.05) is 15.9 Å². The van der Waals surface area contributed by atoms with Crippen LogP contribution in [-0.4, -0.2) is 43.9 Å². The van der Waals surface area contributed by atoms with Gasteiger partial charge in [-0.3, -0.25) is 0 Å². The highest BCUT2D eigenvalue weighted by molar-refractivity contribution is 9.09. The normalized spacial score (nSPS) is 20.9. The molecule has 0 radical (unpaired) electrons. The predicted molar refractivity (Wildman–Crippen MR) is 78.1 cm³/mol. The van der Waals surface area contributed by atoms with Gasteiger partial charge in [-0.25, -0.2) is 8.42 Å². The van der Waals surface area contributed by atoms with Gasteiger partial charge in [0.25, 0.3) is 0 Å². The summed E-state index contributed by atoms with van der Waals surface area (Å²) in [5.41, 5.74) is 0. The van der Waals surface area contributed by atoms with Gasteiger partial charge in [-0.2, -0.15) is 4.31 Å². The second-order valence-corrected chi connectivity index (χ2v) is 8.12. The first-order chi connectivity index (χ1) is 9.57. The number of ether oxygens (including phenoxy) is 2. The van der Waals surface area contributed by atoms with Gasteiger partial charge in [-0.15, -0.1) is 0 Å². The van der Waals surface area contributed by atoms with E-state index < -0.39 is 10.0 Å². The lowest BCUT2D eigenvalue weighted by Gasteiger charge is -2.29. The van der Waals surface area contributed by atoms with E-state index in [0.29, 0.717) is 42.6 Å². The van der Waals surface area contributed by atoms with E-state index in [1.165, 1.54) is 4.31 Å². The van der Waals surface area contributed by atoms with Crippen molar-refractivity contribution in [3.05, 3.63) is 18.2 Å². The van der Waals surface area contributed by atoms with E-state index in [0.717, 1.165) is 12.8 Å². The lowest BCUT2D eigenvalue weighted by atomic mass is 10.2. The molecule has 0 amide bonds. The predicted octanol–water partition coefficient (Wildman–Crippen LogP) is 2.01. The summed E-state index contributed by atoms with van der Waals surface area (Å²) in [5.74, 6) is 1.11. The average molecular weight is 362 g/mol. The number of fused-ring (bicyclic) bond motifs is 1. The molecular formula is C13H16BrNO4S. The number of piperidine rings is 1. The second kappa shape index (κ2) is 5.54. The van der Waals surface area contributed by atoms with Crippen molar-refractivity contribution in [3.8, 4) is 11.5 Å². The zero-order valence-corrected chi connectivity index (χ0v) is 13.3. The van der Waals surface area contributed by atoms with Gasteiger partial charge in [0.15, 0.2) is 11.5 Å². The zero-order valence-electron chi connectivity index (χ0n) is 10.9. The van der Waals surface area contributed by atoms with Crippen LogP contribution in [0.3, 0.4) is 0 Å². The zero-order chi connectivity index (χ0) is 14.2. The Kier molecular flexibility index (Phi) is 3.92. The Labute approximate surface area is 127 Å². The van der Waals surface area contributed by atoms with E-state index >= 15 is 0 Å². The monoisotopic (exact) mass is 361 g/mol. The Morgan fingerprint density at radius 3 is 2.45 bits per heavy atom. The molecule has 0 bridgehead atoms. The smallest absolute Gasteiger partial charge is 0.243 e. The van der Waals surface area contributed by atoms with Crippen molar-refractivity contribution in [3.63, 3.8) is 0 Å². The van der Waals surface area contributed by atoms with Crippen LogP contribution in [-0.2, 0) is 10.0 Å². The van der Waals surface area contributed by atoms with Gasteiger partial charge in [0.05, 0.1) is 4.90 Å². The van der Waals surface area contributed by atoms with E-state index in [2.05, 4.69) is 15.9 Å². The molecule has 1 aromatic rings. The summed E-state index contributed by atoms with van der Waals surface area (Å²) < 4.78 is 37.6. The van der Waals surface area contributed by atoms with Crippen LogP contribution in [0.4, 0.5) is 0 Å². The van der Waals surface area contributed by atoms with Gasteiger partial charge in [0.1, 0.15) is 13.2 Å². The van der Waals surface area contributed by atoms with E-state index in [9.17, 15) is 8.42 Å². The number of hydrogen-bond acceptors (Lipinski definition) is 4. The van der Waals surface area contributed by atoms with Crippen molar-refractivity contribution in [2.45, 2.75) is 22.6 Å². The molecule has 0 atom stereocenters. The number of hydrogen-bond donors (Lipinski definition) is 0. The Hall–Kier alpha value is -0.790. The Morgan fingerprint density at radius 1 is 1.10 bits per heavy atom. The molecule has 2 aliphatic heterocycles. The number of benzene rings is 1.